The quantitative estimate of drug-likeness (QED) is 0.526. The summed E-state index contributed by atoms with van der Waals surface area (Å²) in [6.45, 7) is 9.11. The van der Waals surface area contributed by atoms with Crippen LogP contribution in [-0.2, 0) is 14.4 Å². The number of nitrogens with zero attached hydrogens (tertiary/aromatic N) is 1. The van der Waals surface area contributed by atoms with Gasteiger partial charge in [-0.3, -0.25) is 14.4 Å². The third-order valence-corrected chi connectivity index (χ3v) is 4.91. The molecule has 1 fully saturated rings. The lowest BCUT2D eigenvalue weighted by molar-refractivity contribution is -0.136. The van der Waals surface area contributed by atoms with Crippen LogP contribution in [0.4, 0.5) is 11.4 Å². The monoisotopic (exact) mass is 374 g/mol. The van der Waals surface area contributed by atoms with E-state index in [2.05, 4.69) is 27.8 Å². The van der Waals surface area contributed by atoms with Crippen LogP contribution in [0.15, 0.2) is 18.2 Å². The van der Waals surface area contributed by atoms with Gasteiger partial charge in [0.1, 0.15) is 0 Å². The fraction of sp³-hybridized carbons (Fsp3) is 0.550. The second-order valence-corrected chi connectivity index (χ2v) is 7.25. The number of hydrogen-bond donors (Lipinski definition) is 3. The van der Waals surface area contributed by atoms with Gasteiger partial charge < -0.3 is 20.9 Å². The molecule has 0 aromatic heterocycles. The summed E-state index contributed by atoms with van der Waals surface area (Å²) in [6.07, 6.45) is 3.28. The molecule has 148 valence electrons. The first-order chi connectivity index (χ1) is 12.9. The van der Waals surface area contributed by atoms with Crippen molar-refractivity contribution in [1.29, 1.82) is 0 Å². The van der Waals surface area contributed by atoms with Gasteiger partial charge in [0.05, 0.1) is 0 Å². The number of anilines is 2. The number of amides is 3. The van der Waals surface area contributed by atoms with Gasteiger partial charge in [0, 0.05) is 24.8 Å². The largest absolute Gasteiger partial charge is 0.348 e. The molecule has 1 saturated heterocycles. The molecule has 1 aromatic carbocycles. The highest BCUT2D eigenvalue weighted by molar-refractivity contribution is 6.39. The van der Waals surface area contributed by atoms with E-state index < -0.39 is 11.8 Å². The maximum Gasteiger partial charge on any atom is 0.313 e. The third kappa shape index (κ3) is 6.67. The molecule has 0 saturated carbocycles. The Kier molecular flexibility index (Phi) is 7.79. The summed E-state index contributed by atoms with van der Waals surface area (Å²) in [4.78, 5) is 37.7. The highest BCUT2D eigenvalue weighted by atomic mass is 16.2. The van der Waals surface area contributed by atoms with Crippen LogP contribution in [0.1, 0.15) is 38.7 Å². The molecular formula is C20H30N4O3. The van der Waals surface area contributed by atoms with Crippen LogP contribution in [0.25, 0.3) is 0 Å². The molecule has 1 aliphatic rings. The fourth-order valence-electron chi connectivity index (χ4n) is 3.15. The van der Waals surface area contributed by atoms with Gasteiger partial charge >= 0.3 is 11.8 Å². The number of carbonyl (C=O) groups excluding carboxylic acids is 3. The van der Waals surface area contributed by atoms with Crippen molar-refractivity contribution < 1.29 is 14.4 Å². The lowest BCUT2D eigenvalue weighted by Gasteiger charge is -2.30. The zero-order chi connectivity index (χ0) is 19.8. The molecule has 7 nitrogen and oxygen atoms in total. The first-order valence-electron chi connectivity index (χ1n) is 9.55. The minimum Gasteiger partial charge on any atom is -0.348 e. The van der Waals surface area contributed by atoms with Crippen LogP contribution in [0, 0.1) is 12.8 Å². The van der Waals surface area contributed by atoms with Crippen molar-refractivity contribution in [1.82, 2.24) is 10.2 Å². The number of benzene rings is 1. The maximum atomic E-state index is 12.1. The van der Waals surface area contributed by atoms with Gasteiger partial charge in [-0.05, 0) is 69.4 Å². The summed E-state index contributed by atoms with van der Waals surface area (Å²) in [5.74, 6) is -0.740. The first-order valence-corrected chi connectivity index (χ1v) is 9.55. The summed E-state index contributed by atoms with van der Waals surface area (Å²) in [5, 5.41) is 7.97. The summed E-state index contributed by atoms with van der Waals surface area (Å²) in [7, 11) is 0. The van der Waals surface area contributed by atoms with E-state index in [-0.39, 0.29) is 5.91 Å². The summed E-state index contributed by atoms with van der Waals surface area (Å²) in [6, 6.07) is 5.16. The summed E-state index contributed by atoms with van der Waals surface area (Å²) >= 11 is 0. The number of carbonyl (C=O) groups is 3. The normalized spacial score (nSPS) is 15.2. The first kappa shape index (κ1) is 20.9. The molecule has 7 heteroatoms. The lowest BCUT2D eigenvalue weighted by atomic mass is 9.99. The Labute approximate surface area is 160 Å². The number of rotatable bonds is 6. The van der Waals surface area contributed by atoms with Gasteiger partial charge in [-0.15, -0.1) is 0 Å². The molecule has 1 aliphatic heterocycles. The zero-order valence-corrected chi connectivity index (χ0v) is 16.4. The number of likely N-dealkylation sites (tertiary alicyclic amines) is 1. The van der Waals surface area contributed by atoms with Gasteiger partial charge in [-0.2, -0.15) is 0 Å². The second kappa shape index (κ2) is 10.1. The number of piperidine rings is 1. The molecule has 2 rings (SSSR count). The molecule has 3 N–H and O–H groups in total. The highest BCUT2D eigenvalue weighted by Gasteiger charge is 2.17. The number of nitrogens with one attached hydrogen (secondary N) is 3. The molecule has 0 atom stereocenters. The predicted molar refractivity (Wildman–Crippen MR) is 107 cm³/mol. The summed E-state index contributed by atoms with van der Waals surface area (Å²) in [5.41, 5.74) is 1.81. The van der Waals surface area contributed by atoms with E-state index in [1.54, 1.807) is 25.1 Å². The molecule has 0 radical (unpaired) electrons. The Morgan fingerprint density at radius 2 is 1.70 bits per heavy atom. The van der Waals surface area contributed by atoms with E-state index in [1.165, 1.54) is 19.8 Å². The minimum atomic E-state index is -0.704. The Morgan fingerprint density at radius 3 is 2.33 bits per heavy atom. The lowest BCUT2D eigenvalue weighted by Crippen LogP contribution is -2.38. The molecule has 0 unspecified atom stereocenters. The van der Waals surface area contributed by atoms with Gasteiger partial charge in [-0.1, -0.05) is 13.0 Å². The molecule has 0 spiro atoms. The van der Waals surface area contributed by atoms with Crippen LogP contribution < -0.4 is 16.0 Å². The summed E-state index contributed by atoms with van der Waals surface area (Å²) < 4.78 is 0. The van der Waals surface area contributed by atoms with Crippen molar-refractivity contribution in [2.75, 3.05) is 36.8 Å². The van der Waals surface area contributed by atoms with Gasteiger partial charge in [0.15, 0.2) is 0 Å². The zero-order valence-electron chi connectivity index (χ0n) is 16.4. The van der Waals surface area contributed by atoms with Crippen molar-refractivity contribution in [3.05, 3.63) is 23.8 Å². The molecule has 1 heterocycles. The average molecular weight is 374 g/mol. The van der Waals surface area contributed by atoms with Crippen molar-refractivity contribution in [2.45, 2.75) is 40.0 Å². The van der Waals surface area contributed by atoms with Gasteiger partial charge in [0.25, 0.3) is 0 Å². The fourth-order valence-corrected chi connectivity index (χ4v) is 3.15. The van der Waals surface area contributed by atoms with E-state index in [9.17, 15) is 14.4 Å². The van der Waals surface area contributed by atoms with E-state index in [0.29, 0.717) is 23.5 Å². The van der Waals surface area contributed by atoms with Gasteiger partial charge in [-0.25, -0.2) is 0 Å². The average Bonchev–Trinajstić information content (AvgIpc) is 2.63. The predicted octanol–water partition coefficient (Wildman–Crippen LogP) is 2.13. The van der Waals surface area contributed by atoms with Crippen molar-refractivity contribution in [3.63, 3.8) is 0 Å². The Bertz CT molecular complexity index is 682. The van der Waals surface area contributed by atoms with E-state index >= 15 is 0 Å². The van der Waals surface area contributed by atoms with E-state index in [0.717, 1.165) is 32.0 Å². The van der Waals surface area contributed by atoms with E-state index in [1.807, 2.05) is 0 Å². The third-order valence-electron chi connectivity index (χ3n) is 4.91. The minimum absolute atomic E-state index is 0.192. The SMILES string of the molecule is CC(=O)Nc1cccc(NC(=O)C(=O)NCCCN2CCC(C)CC2)c1C. The standard InChI is InChI=1S/C20H30N4O3/c1-14-8-12-24(13-9-14)11-5-10-21-19(26)20(27)23-18-7-4-6-17(15(18)2)22-16(3)25/h4,6-7,14H,5,8-13H2,1-3H3,(H,21,26)(H,22,25)(H,23,27). The molecular weight excluding hydrogens is 344 g/mol. The van der Waals surface area contributed by atoms with Gasteiger partial charge in [0.2, 0.25) is 5.91 Å². The van der Waals surface area contributed by atoms with Crippen molar-refractivity contribution >= 4 is 29.1 Å². The Hall–Kier alpha value is -2.41. The van der Waals surface area contributed by atoms with E-state index in [4.69, 9.17) is 0 Å². The Morgan fingerprint density at radius 1 is 1.07 bits per heavy atom. The maximum absolute atomic E-state index is 12.1. The molecule has 1 aromatic rings. The highest BCUT2D eigenvalue weighted by Crippen LogP contribution is 2.23. The Balaban J connectivity index is 1.75. The van der Waals surface area contributed by atoms with Crippen molar-refractivity contribution in [2.24, 2.45) is 5.92 Å². The second-order valence-electron chi connectivity index (χ2n) is 7.25. The molecule has 3 amide bonds. The molecule has 0 bridgehead atoms. The number of hydrogen-bond acceptors (Lipinski definition) is 4. The van der Waals surface area contributed by atoms with Crippen LogP contribution >= 0.6 is 0 Å². The smallest absolute Gasteiger partial charge is 0.313 e. The topological polar surface area (TPSA) is 90.5 Å². The van der Waals surface area contributed by atoms with Crippen LogP contribution in [-0.4, -0.2) is 48.8 Å². The van der Waals surface area contributed by atoms with Crippen LogP contribution in [0.3, 0.4) is 0 Å². The van der Waals surface area contributed by atoms with Crippen LogP contribution in [0.5, 0.6) is 0 Å². The van der Waals surface area contributed by atoms with Crippen molar-refractivity contribution in [3.8, 4) is 0 Å². The van der Waals surface area contributed by atoms with Crippen LogP contribution in [0.2, 0.25) is 0 Å². The molecule has 27 heavy (non-hydrogen) atoms. The molecule has 0 aliphatic carbocycles.